The van der Waals surface area contributed by atoms with Crippen LogP contribution in [0.5, 0.6) is 0 Å². The lowest BCUT2D eigenvalue weighted by molar-refractivity contribution is -0.141. The van der Waals surface area contributed by atoms with Gasteiger partial charge in [-0.15, -0.1) is 0 Å². The van der Waals surface area contributed by atoms with Crippen molar-refractivity contribution in [3.63, 3.8) is 0 Å². The molecule has 2 unspecified atom stereocenters. The van der Waals surface area contributed by atoms with Gasteiger partial charge in [0.1, 0.15) is 0 Å². The van der Waals surface area contributed by atoms with E-state index in [1.165, 1.54) is 0 Å². The largest absolute Gasteiger partial charge is 0.394 e. The first-order chi connectivity index (χ1) is 9.44. The highest BCUT2D eigenvalue weighted by Gasteiger charge is 2.46. The quantitative estimate of drug-likeness (QED) is 0.707. The lowest BCUT2D eigenvalue weighted by Gasteiger charge is -2.37. The van der Waals surface area contributed by atoms with Gasteiger partial charge in [-0.1, -0.05) is 45.8 Å². The number of aliphatic hydroxyl groups excluding tert-OH is 1. The van der Waals surface area contributed by atoms with Gasteiger partial charge >= 0.3 is 0 Å². The summed E-state index contributed by atoms with van der Waals surface area (Å²) in [7, 11) is 0. The van der Waals surface area contributed by atoms with Crippen molar-refractivity contribution in [1.29, 1.82) is 0 Å². The minimum absolute atomic E-state index is 0.0125. The van der Waals surface area contributed by atoms with Gasteiger partial charge in [-0.3, -0.25) is 4.79 Å². The van der Waals surface area contributed by atoms with E-state index in [2.05, 4.69) is 6.92 Å². The minimum Gasteiger partial charge on any atom is -0.394 e. The van der Waals surface area contributed by atoms with Gasteiger partial charge in [0.05, 0.1) is 23.1 Å². The molecule has 1 aliphatic heterocycles. The van der Waals surface area contributed by atoms with Crippen LogP contribution in [0.25, 0.3) is 0 Å². The van der Waals surface area contributed by atoms with Crippen LogP contribution < -0.4 is 5.73 Å². The van der Waals surface area contributed by atoms with Crippen LogP contribution in [0.2, 0.25) is 0 Å². The van der Waals surface area contributed by atoms with E-state index in [9.17, 15) is 9.90 Å². The molecule has 116 valence electrons. The van der Waals surface area contributed by atoms with E-state index in [0.29, 0.717) is 30.3 Å². The molecule has 3 N–H and O–H groups in total. The molecule has 1 saturated heterocycles. The van der Waals surface area contributed by atoms with Gasteiger partial charge in [-0.25, -0.2) is 0 Å². The smallest absolute Gasteiger partial charge is 0.235 e. The lowest BCUT2D eigenvalue weighted by atomic mass is 9.77. The fourth-order valence-electron chi connectivity index (χ4n) is 3.36. The Kier molecular flexibility index (Phi) is 6.40. The summed E-state index contributed by atoms with van der Waals surface area (Å²) in [5.74, 6) is 0.355. The van der Waals surface area contributed by atoms with E-state index < -0.39 is 5.41 Å². The Labute approximate surface area is 127 Å². The monoisotopic (exact) mass is 300 g/mol. The lowest BCUT2D eigenvalue weighted by Crippen LogP contribution is -2.53. The van der Waals surface area contributed by atoms with Crippen molar-refractivity contribution in [3.05, 3.63) is 0 Å². The number of nitrogens with two attached hydrogens (primary N) is 1. The van der Waals surface area contributed by atoms with E-state index >= 15 is 0 Å². The molecule has 0 saturated carbocycles. The normalized spacial score (nSPS) is 23.1. The second-order valence-electron chi connectivity index (χ2n) is 5.96. The van der Waals surface area contributed by atoms with Gasteiger partial charge in [0.2, 0.25) is 5.91 Å². The summed E-state index contributed by atoms with van der Waals surface area (Å²) >= 11 is 5.24. The number of aliphatic hydroxyl groups is 1. The summed E-state index contributed by atoms with van der Waals surface area (Å²) in [6, 6.07) is -0.0927. The molecule has 4 nitrogen and oxygen atoms in total. The number of likely N-dealkylation sites (tertiary alicyclic amines) is 1. The van der Waals surface area contributed by atoms with E-state index in [4.69, 9.17) is 18.0 Å². The summed E-state index contributed by atoms with van der Waals surface area (Å²) < 4.78 is 0. The minimum atomic E-state index is -0.726. The van der Waals surface area contributed by atoms with Gasteiger partial charge < -0.3 is 15.7 Å². The highest BCUT2D eigenvalue weighted by atomic mass is 32.1. The van der Waals surface area contributed by atoms with Crippen LogP contribution in [0.1, 0.15) is 52.9 Å². The van der Waals surface area contributed by atoms with Crippen LogP contribution in [0, 0.1) is 11.3 Å². The number of hydrogen-bond acceptors (Lipinski definition) is 3. The number of carbonyl (C=O) groups is 1. The van der Waals surface area contributed by atoms with Crippen molar-refractivity contribution in [2.24, 2.45) is 17.1 Å². The molecule has 0 spiro atoms. The number of carbonyl (C=O) groups excluding carboxylic acids is 1. The zero-order valence-corrected chi connectivity index (χ0v) is 13.7. The van der Waals surface area contributed by atoms with Crippen LogP contribution in [0.15, 0.2) is 0 Å². The van der Waals surface area contributed by atoms with Gasteiger partial charge in [0, 0.05) is 6.54 Å². The molecule has 0 aromatic rings. The van der Waals surface area contributed by atoms with E-state index in [1.807, 2.05) is 18.7 Å². The maximum atomic E-state index is 13.1. The summed E-state index contributed by atoms with van der Waals surface area (Å²) in [5, 5.41) is 9.56. The van der Waals surface area contributed by atoms with Gasteiger partial charge in [0.25, 0.3) is 0 Å². The number of nitrogens with zero attached hydrogens (tertiary/aromatic N) is 1. The summed E-state index contributed by atoms with van der Waals surface area (Å²) in [4.78, 5) is 15.2. The predicted octanol–water partition coefficient (Wildman–Crippen LogP) is 2.09. The molecule has 0 aromatic carbocycles. The van der Waals surface area contributed by atoms with Crippen molar-refractivity contribution in [2.75, 3.05) is 13.2 Å². The predicted molar refractivity (Wildman–Crippen MR) is 85.4 cm³/mol. The number of rotatable bonds is 7. The molecule has 20 heavy (non-hydrogen) atoms. The average Bonchev–Trinajstić information content (AvgIpc) is 2.78. The van der Waals surface area contributed by atoms with Crippen molar-refractivity contribution in [1.82, 2.24) is 4.90 Å². The van der Waals surface area contributed by atoms with E-state index in [1.54, 1.807) is 0 Å². The third-order valence-electron chi connectivity index (χ3n) is 4.57. The first-order valence-electron chi connectivity index (χ1n) is 7.66. The van der Waals surface area contributed by atoms with Crippen LogP contribution in [0.4, 0.5) is 0 Å². The van der Waals surface area contributed by atoms with Crippen LogP contribution in [-0.4, -0.2) is 40.1 Å². The maximum Gasteiger partial charge on any atom is 0.235 e. The molecular formula is C15H28N2O2S. The van der Waals surface area contributed by atoms with Gasteiger partial charge in [-0.05, 0) is 25.2 Å². The first kappa shape index (κ1) is 17.4. The Bertz CT molecular complexity index is 354. The van der Waals surface area contributed by atoms with E-state index in [0.717, 1.165) is 19.3 Å². The molecular weight excluding hydrogens is 272 g/mol. The Morgan fingerprint density at radius 3 is 2.35 bits per heavy atom. The van der Waals surface area contributed by atoms with Gasteiger partial charge in [-0.2, -0.15) is 0 Å². The van der Waals surface area contributed by atoms with Crippen molar-refractivity contribution in [2.45, 2.75) is 58.9 Å². The number of hydrogen-bond donors (Lipinski definition) is 2. The fraction of sp³-hybridized carbons (Fsp3) is 0.867. The highest BCUT2D eigenvalue weighted by Crippen LogP contribution is 2.36. The van der Waals surface area contributed by atoms with E-state index in [-0.39, 0.29) is 18.6 Å². The Hall–Kier alpha value is -0.680. The van der Waals surface area contributed by atoms with Crippen molar-refractivity contribution in [3.8, 4) is 0 Å². The molecule has 0 radical (unpaired) electrons. The zero-order chi connectivity index (χ0) is 15.3. The molecule has 0 bridgehead atoms. The summed E-state index contributed by atoms with van der Waals surface area (Å²) in [6.45, 7) is 6.88. The molecule has 0 aliphatic carbocycles. The second-order valence-corrected chi connectivity index (χ2v) is 6.40. The third-order valence-corrected chi connectivity index (χ3v) is 4.96. The summed E-state index contributed by atoms with van der Waals surface area (Å²) in [6.07, 6.45) is 4.06. The van der Waals surface area contributed by atoms with Crippen molar-refractivity contribution < 1.29 is 9.90 Å². The van der Waals surface area contributed by atoms with Crippen LogP contribution in [0.3, 0.4) is 0 Å². The van der Waals surface area contributed by atoms with Crippen LogP contribution >= 0.6 is 12.2 Å². The molecule has 1 amide bonds. The standard InChI is InChI=1S/C15H28N2O2S/c1-4-7-15(8-5-2,13(16)20)14(19)17-9-6-11(3)12(17)10-18/h11-12,18H,4-10H2,1-3H3,(H2,16,20). The molecule has 1 heterocycles. The third kappa shape index (κ3) is 3.14. The zero-order valence-electron chi connectivity index (χ0n) is 12.9. The molecule has 1 rings (SSSR count). The van der Waals surface area contributed by atoms with Gasteiger partial charge in [0.15, 0.2) is 0 Å². The molecule has 0 aromatic heterocycles. The SMILES string of the molecule is CCCC(CCC)(C(=O)N1CCC(C)C1CO)C(N)=S. The molecule has 2 atom stereocenters. The summed E-state index contributed by atoms with van der Waals surface area (Å²) in [5.41, 5.74) is 5.23. The second kappa shape index (κ2) is 7.36. The fourth-order valence-corrected chi connectivity index (χ4v) is 3.65. The Morgan fingerprint density at radius 2 is 1.95 bits per heavy atom. The molecule has 5 heteroatoms. The topological polar surface area (TPSA) is 66.6 Å². The molecule has 1 fully saturated rings. The van der Waals surface area contributed by atoms with Crippen molar-refractivity contribution >= 4 is 23.1 Å². The number of amides is 1. The first-order valence-corrected chi connectivity index (χ1v) is 8.07. The average molecular weight is 300 g/mol. The highest BCUT2D eigenvalue weighted by molar-refractivity contribution is 7.80. The Balaban J connectivity index is 3.07. The Morgan fingerprint density at radius 1 is 1.40 bits per heavy atom. The maximum absolute atomic E-state index is 13.1. The number of thiocarbonyl (C=S) groups is 1. The molecule has 1 aliphatic rings. The van der Waals surface area contributed by atoms with Crippen LogP contribution in [-0.2, 0) is 4.79 Å².